The number of amides is 1. The summed E-state index contributed by atoms with van der Waals surface area (Å²) in [6, 6.07) is -1.24. The predicted octanol–water partition coefficient (Wildman–Crippen LogP) is 1.40. The number of aliphatic hydroxyl groups excluding tert-OH is 1. The topological polar surface area (TPSA) is 86.6 Å². The molecule has 0 bridgehead atoms. The minimum Gasteiger partial charge on any atom is -0.480 e. The van der Waals surface area contributed by atoms with Gasteiger partial charge in [-0.15, -0.1) is 0 Å². The lowest BCUT2D eigenvalue weighted by Crippen LogP contribution is -2.48. The lowest BCUT2D eigenvalue weighted by molar-refractivity contribution is -0.144. The Morgan fingerprint density at radius 1 is 1.22 bits per heavy atom. The Morgan fingerprint density at radius 2 is 1.72 bits per heavy atom. The van der Waals surface area contributed by atoms with Gasteiger partial charge >= 0.3 is 5.97 Å². The van der Waals surface area contributed by atoms with Crippen LogP contribution in [-0.2, 0) is 9.59 Å². The zero-order valence-corrected chi connectivity index (χ0v) is 11.9. The van der Waals surface area contributed by atoms with Crippen molar-refractivity contribution in [2.24, 2.45) is 11.3 Å². The highest BCUT2D eigenvalue weighted by molar-refractivity contribution is 5.84. The smallest absolute Gasteiger partial charge is 0.328 e. The molecule has 0 radical (unpaired) electrons. The molecule has 0 heterocycles. The minimum atomic E-state index is -1.24. The number of hydrogen-bond donors (Lipinski definition) is 3. The lowest BCUT2D eigenvalue weighted by atomic mass is 9.84. The van der Waals surface area contributed by atoms with Crippen LogP contribution < -0.4 is 5.32 Å². The van der Waals surface area contributed by atoms with Crippen LogP contribution in [-0.4, -0.2) is 34.2 Å². The van der Waals surface area contributed by atoms with Gasteiger partial charge in [0.2, 0.25) is 5.91 Å². The Kier molecular flexibility index (Phi) is 6.32. The third kappa shape index (κ3) is 7.27. The largest absolute Gasteiger partial charge is 0.480 e. The van der Waals surface area contributed by atoms with Crippen molar-refractivity contribution in [1.29, 1.82) is 0 Å². The van der Waals surface area contributed by atoms with E-state index in [1.165, 1.54) is 6.92 Å². The summed E-state index contributed by atoms with van der Waals surface area (Å²) in [4.78, 5) is 22.5. The third-order valence-electron chi connectivity index (χ3n) is 2.56. The van der Waals surface area contributed by atoms with Gasteiger partial charge in [-0.25, -0.2) is 4.79 Å². The Morgan fingerprint density at radius 3 is 2.06 bits per heavy atom. The summed E-state index contributed by atoms with van der Waals surface area (Å²) >= 11 is 0. The molecule has 0 aromatic heterocycles. The number of hydrogen-bond acceptors (Lipinski definition) is 3. The molecule has 5 heteroatoms. The van der Waals surface area contributed by atoms with Crippen LogP contribution in [0.5, 0.6) is 0 Å². The van der Waals surface area contributed by atoms with Crippen molar-refractivity contribution in [1.82, 2.24) is 5.32 Å². The van der Waals surface area contributed by atoms with E-state index in [0.717, 1.165) is 6.42 Å². The molecule has 0 aromatic carbocycles. The van der Waals surface area contributed by atoms with Gasteiger partial charge in [0.05, 0.1) is 6.10 Å². The molecule has 1 amide bonds. The molecular formula is C13H25NO4. The van der Waals surface area contributed by atoms with E-state index < -0.39 is 18.1 Å². The molecule has 0 aliphatic rings. The van der Waals surface area contributed by atoms with Crippen molar-refractivity contribution in [3.05, 3.63) is 0 Å². The van der Waals surface area contributed by atoms with Crippen LogP contribution in [0.4, 0.5) is 0 Å². The van der Waals surface area contributed by atoms with Crippen LogP contribution in [0, 0.1) is 11.3 Å². The molecule has 0 saturated heterocycles. The monoisotopic (exact) mass is 259 g/mol. The highest BCUT2D eigenvalue weighted by atomic mass is 16.4. The second-order valence-electron chi connectivity index (χ2n) is 6.20. The molecule has 5 nitrogen and oxygen atoms in total. The molecule has 0 spiro atoms. The van der Waals surface area contributed by atoms with E-state index in [1.54, 1.807) is 0 Å². The maximum absolute atomic E-state index is 11.7. The number of carbonyl (C=O) groups is 2. The van der Waals surface area contributed by atoms with E-state index in [9.17, 15) is 14.7 Å². The van der Waals surface area contributed by atoms with E-state index in [2.05, 4.69) is 26.1 Å². The fraction of sp³-hybridized carbons (Fsp3) is 0.846. The molecule has 0 aromatic rings. The summed E-state index contributed by atoms with van der Waals surface area (Å²) < 4.78 is 0. The summed E-state index contributed by atoms with van der Waals surface area (Å²) in [7, 11) is 0. The molecule has 0 aliphatic carbocycles. The van der Waals surface area contributed by atoms with E-state index in [1.807, 2.05) is 6.92 Å². The Hall–Kier alpha value is -1.10. The van der Waals surface area contributed by atoms with Crippen molar-refractivity contribution < 1.29 is 19.8 Å². The number of rotatable bonds is 6. The zero-order chi connectivity index (χ0) is 14.5. The van der Waals surface area contributed by atoms with E-state index in [4.69, 9.17) is 5.11 Å². The van der Waals surface area contributed by atoms with Gasteiger partial charge in [-0.2, -0.15) is 0 Å². The maximum atomic E-state index is 11.7. The number of nitrogens with one attached hydrogen (secondary N) is 1. The third-order valence-corrected chi connectivity index (χ3v) is 2.56. The highest BCUT2D eigenvalue weighted by Gasteiger charge is 2.26. The van der Waals surface area contributed by atoms with Gasteiger partial charge in [0.1, 0.15) is 0 Å². The van der Waals surface area contributed by atoms with Crippen LogP contribution in [0.25, 0.3) is 0 Å². The van der Waals surface area contributed by atoms with Gasteiger partial charge in [-0.05, 0) is 24.7 Å². The van der Waals surface area contributed by atoms with Crippen LogP contribution in [0.2, 0.25) is 0 Å². The van der Waals surface area contributed by atoms with Crippen LogP contribution in [0.1, 0.15) is 47.5 Å². The molecule has 3 atom stereocenters. The molecule has 106 valence electrons. The first-order valence-corrected chi connectivity index (χ1v) is 6.23. The first-order chi connectivity index (χ1) is 8.03. The van der Waals surface area contributed by atoms with Crippen LogP contribution in [0.3, 0.4) is 0 Å². The first kappa shape index (κ1) is 16.9. The van der Waals surface area contributed by atoms with Crippen molar-refractivity contribution in [3.8, 4) is 0 Å². The summed E-state index contributed by atoms with van der Waals surface area (Å²) in [5.41, 5.74) is 0.135. The van der Waals surface area contributed by atoms with Crippen molar-refractivity contribution in [3.63, 3.8) is 0 Å². The number of carboxylic acid groups (broad SMARTS) is 1. The Labute approximate surface area is 109 Å². The summed E-state index contributed by atoms with van der Waals surface area (Å²) in [6.07, 6.45) is 0.0463. The first-order valence-electron chi connectivity index (χ1n) is 6.23. The minimum absolute atomic E-state index is 0.135. The second-order valence-corrected chi connectivity index (χ2v) is 6.20. The average Bonchev–Trinajstić information content (AvgIpc) is 2.09. The van der Waals surface area contributed by atoms with E-state index >= 15 is 0 Å². The Bertz CT molecular complexity index is 294. The SMILES string of the molecule is CC(CC(=O)N[C@H](C(=O)O)[C@@H](C)O)CC(C)(C)C. The molecule has 0 saturated carbocycles. The highest BCUT2D eigenvalue weighted by Crippen LogP contribution is 2.25. The lowest BCUT2D eigenvalue weighted by Gasteiger charge is -2.24. The number of carbonyl (C=O) groups excluding carboxylic acids is 1. The summed E-state index contributed by atoms with van der Waals surface area (Å²) in [6.45, 7) is 9.59. The van der Waals surface area contributed by atoms with Gasteiger partial charge in [0.25, 0.3) is 0 Å². The standard InChI is InChI=1S/C13H25NO4/c1-8(7-13(3,4)5)6-10(16)14-11(9(2)15)12(17)18/h8-9,11,15H,6-7H2,1-5H3,(H,14,16)(H,17,18)/t8?,9-,11+/m1/s1. The second kappa shape index (κ2) is 6.73. The number of carboxylic acids is 1. The molecule has 3 N–H and O–H groups in total. The van der Waals surface area contributed by atoms with E-state index in [-0.39, 0.29) is 23.7 Å². The van der Waals surface area contributed by atoms with Gasteiger partial charge in [0, 0.05) is 6.42 Å². The number of aliphatic hydroxyl groups is 1. The summed E-state index contributed by atoms with van der Waals surface area (Å²) in [5.74, 6) is -1.38. The van der Waals surface area contributed by atoms with Crippen molar-refractivity contribution >= 4 is 11.9 Å². The average molecular weight is 259 g/mol. The summed E-state index contributed by atoms with van der Waals surface area (Å²) in [5, 5.41) is 20.4. The molecule has 18 heavy (non-hydrogen) atoms. The maximum Gasteiger partial charge on any atom is 0.328 e. The van der Waals surface area contributed by atoms with Crippen LogP contribution in [0.15, 0.2) is 0 Å². The molecule has 0 aliphatic heterocycles. The van der Waals surface area contributed by atoms with Crippen LogP contribution >= 0.6 is 0 Å². The van der Waals surface area contributed by atoms with Gasteiger partial charge in [0.15, 0.2) is 6.04 Å². The number of aliphatic carboxylic acids is 1. The van der Waals surface area contributed by atoms with Crippen molar-refractivity contribution in [2.45, 2.75) is 59.6 Å². The Balaban J connectivity index is 4.29. The molecule has 0 rings (SSSR count). The van der Waals surface area contributed by atoms with Gasteiger partial charge in [-0.3, -0.25) is 4.79 Å². The van der Waals surface area contributed by atoms with Gasteiger partial charge < -0.3 is 15.5 Å². The molecule has 1 unspecified atom stereocenters. The fourth-order valence-corrected chi connectivity index (χ4v) is 2.06. The molecular weight excluding hydrogens is 234 g/mol. The molecule has 0 fully saturated rings. The normalized spacial score (nSPS) is 16.8. The fourth-order valence-electron chi connectivity index (χ4n) is 2.06. The van der Waals surface area contributed by atoms with Crippen molar-refractivity contribution in [2.75, 3.05) is 0 Å². The zero-order valence-electron chi connectivity index (χ0n) is 11.9. The van der Waals surface area contributed by atoms with Gasteiger partial charge in [-0.1, -0.05) is 27.7 Å². The quantitative estimate of drug-likeness (QED) is 0.673. The van der Waals surface area contributed by atoms with E-state index in [0.29, 0.717) is 0 Å². The predicted molar refractivity (Wildman–Crippen MR) is 69.1 cm³/mol.